The van der Waals surface area contributed by atoms with E-state index in [4.69, 9.17) is 5.11 Å². The van der Waals surface area contributed by atoms with Crippen LogP contribution in [0, 0.1) is 32.6 Å². The third kappa shape index (κ3) is 2.43. The van der Waals surface area contributed by atoms with E-state index in [9.17, 15) is 4.79 Å². The first-order valence-corrected chi connectivity index (χ1v) is 6.04. The van der Waals surface area contributed by atoms with E-state index in [1.54, 1.807) is 0 Å². The summed E-state index contributed by atoms with van der Waals surface area (Å²) in [6.07, 6.45) is 0.812. The van der Waals surface area contributed by atoms with E-state index in [2.05, 4.69) is 38.2 Å². The maximum atomic E-state index is 10.7. The lowest BCUT2D eigenvalue weighted by atomic mass is 10.0. The van der Waals surface area contributed by atoms with Gasteiger partial charge >= 0.3 is 5.97 Å². The SMILES string of the molecule is Cc1ccc(NCC2CC2C(=O)O)c(C)c1C. The predicted molar refractivity (Wildman–Crippen MR) is 68.4 cm³/mol. The topological polar surface area (TPSA) is 49.3 Å². The monoisotopic (exact) mass is 233 g/mol. The van der Waals surface area contributed by atoms with Gasteiger partial charge in [0.05, 0.1) is 5.92 Å². The Morgan fingerprint density at radius 3 is 2.65 bits per heavy atom. The highest BCUT2D eigenvalue weighted by Gasteiger charge is 2.42. The molecule has 2 atom stereocenters. The molecule has 0 aliphatic heterocycles. The number of rotatable bonds is 4. The van der Waals surface area contributed by atoms with Gasteiger partial charge in [0.25, 0.3) is 0 Å². The molecule has 0 amide bonds. The fourth-order valence-electron chi connectivity index (χ4n) is 2.16. The zero-order valence-electron chi connectivity index (χ0n) is 10.6. The Labute approximate surface area is 102 Å². The number of carbonyl (C=O) groups is 1. The van der Waals surface area contributed by atoms with E-state index in [0.29, 0.717) is 5.92 Å². The normalized spacial score (nSPS) is 22.3. The summed E-state index contributed by atoms with van der Waals surface area (Å²) >= 11 is 0. The Balaban J connectivity index is 1.97. The van der Waals surface area contributed by atoms with E-state index >= 15 is 0 Å². The molecule has 1 aliphatic carbocycles. The van der Waals surface area contributed by atoms with Gasteiger partial charge in [-0.2, -0.15) is 0 Å². The Kier molecular flexibility index (Phi) is 3.09. The molecule has 3 heteroatoms. The van der Waals surface area contributed by atoms with Crippen LogP contribution in [0.15, 0.2) is 12.1 Å². The minimum atomic E-state index is -0.659. The van der Waals surface area contributed by atoms with E-state index in [1.165, 1.54) is 16.7 Å². The lowest BCUT2D eigenvalue weighted by molar-refractivity contribution is -0.138. The number of hydrogen-bond donors (Lipinski definition) is 2. The summed E-state index contributed by atoms with van der Waals surface area (Å²) in [5.41, 5.74) is 4.99. The van der Waals surface area contributed by atoms with Gasteiger partial charge in [-0.05, 0) is 55.9 Å². The second-order valence-corrected chi connectivity index (χ2v) is 5.00. The summed E-state index contributed by atoms with van der Waals surface area (Å²) in [4.78, 5) is 10.7. The summed E-state index contributed by atoms with van der Waals surface area (Å²) in [7, 11) is 0. The van der Waals surface area contributed by atoms with E-state index in [0.717, 1.165) is 18.7 Å². The Hall–Kier alpha value is -1.51. The maximum absolute atomic E-state index is 10.7. The summed E-state index contributed by atoms with van der Waals surface area (Å²) in [6.45, 7) is 7.09. The zero-order chi connectivity index (χ0) is 12.6. The lowest BCUT2D eigenvalue weighted by Crippen LogP contribution is -2.09. The van der Waals surface area contributed by atoms with Crippen LogP contribution in [0.1, 0.15) is 23.1 Å². The molecule has 92 valence electrons. The molecular weight excluding hydrogens is 214 g/mol. The zero-order valence-corrected chi connectivity index (χ0v) is 10.6. The third-order valence-electron chi connectivity index (χ3n) is 3.85. The molecule has 1 aromatic carbocycles. The first-order valence-electron chi connectivity index (χ1n) is 6.04. The van der Waals surface area contributed by atoms with Crippen molar-refractivity contribution in [3.05, 3.63) is 28.8 Å². The highest BCUT2D eigenvalue weighted by Crippen LogP contribution is 2.38. The molecule has 1 aromatic rings. The Bertz CT molecular complexity index is 454. The lowest BCUT2D eigenvalue weighted by Gasteiger charge is -2.13. The van der Waals surface area contributed by atoms with Gasteiger partial charge in [0.2, 0.25) is 0 Å². The van der Waals surface area contributed by atoms with Crippen molar-refractivity contribution in [1.82, 2.24) is 0 Å². The molecule has 0 bridgehead atoms. The first-order chi connectivity index (χ1) is 8.00. The molecule has 1 saturated carbocycles. The molecule has 3 nitrogen and oxygen atoms in total. The average Bonchev–Trinajstić information content (AvgIpc) is 3.05. The van der Waals surface area contributed by atoms with Crippen LogP contribution in [-0.2, 0) is 4.79 Å². The van der Waals surface area contributed by atoms with Gasteiger partial charge in [0.1, 0.15) is 0 Å². The van der Waals surface area contributed by atoms with Gasteiger partial charge < -0.3 is 10.4 Å². The maximum Gasteiger partial charge on any atom is 0.306 e. The quantitative estimate of drug-likeness (QED) is 0.840. The third-order valence-corrected chi connectivity index (χ3v) is 3.85. The molecule has 1 fully saturated rings. The molecule has 2 unspecified atom stereocenters. The highest BCUT2D eigenvalue weighted by molar-refractivity contribution is 5.73. The molecule has 1 aliphatic rings. The van der Waals surface area contributed by atoms with Crippen molar-refractivity contribution in [3.63, 3.8) is 0 Å². The van der Waals surface area contributed by atoms with Crippen LogP contribution in [0.3, 0.4) is 0 Å². The Morgan fingerprint density at radius 1 is 1.35 bits per heavy atom. The van der Waals surface area contributed by atoms with Crippen LogP contribution in [0.25, 0.3) is 0 Å². The summed E-state index contributed by atoms with van der Waals surface area (Å²) in [6, 6.07) is 4.18. The number of aryl methyl sites for hydroxylation is 1. The highest BCUT2D eigenvalue weighted by atomic mass is 16.4. The van der Waals surface area contributed by atoms with Crippen molar-refractivity contribution in [2.45, 2.75) is 27.2 Å². The average molecular weight is 233 g/mol. The molecule has 2 rings (SSSR count). The molecule has 0 aromatic heterocycles. The molecule has 0 heterocycles. The van der Waals surface area contributed by atoms with Gasteiger partial charge in [-0.1, -0.05) is 6.07 Å². The smallest absolute Gasteiger partial charge is 0.306 e. The number of carboxylic acids is 1. The van der Waals surface area contributed by atoms with Crippen LogP contribution < -0.4 is 5.32 Å². The number of anilines is 1. The molecule has 0 radical (unpaired) electrons. The van der Waals surface area contributed by atoms with Gasteiger partial charge in [0.15, 0.2) is 0 Å². The first kappa shape index (κ1) is 12.0. The number of hydrogen-bond acceptors (Lipinski definition) is 2. The van der Waals surface area contributed by atoms with Crippen molar-refractivity contribution in [3.8, 4) is 0 Å². The minimum absolute atomic E-state index is 0.130. The number of benzene rings is 1. The summed E-state index contributed by atoms with van der Waals surface area (Å²) in [5.74, 6) is -0.489. The molecule has 0 saturated heterocycles. The van der Waals surface area contributed by atoms with Crippen molar-refractivity contribution in [2.24, 2.45) is 11.8 Å². The van der Waals surface area contributed by atoms with Crippen molar-refractivity contribution >= 4 is 11.7 Å². The van der Waals surface area contributed by atoms with Gasteiger partial charge in [0, 0.05) is 12.2 Å². The van der Waals surface area contributed by atoms with Crippen LogP contribution in [0.4, 0.5) is 5.69 Å². The van der Waals surface area contributed by atoms with Crippen molar-refractivity contribution < 1.29 is 9.90 Å². The number of carboxylic acid groups (broad SMARTS) is 1. The van der Waals surface area contributed by atoms with Crippen LogP contribution >= 0.6 is 0 Å². The van der Waals surface area contributed by atoms with Crippen LogP contribution in [0.5, 0.6) is 0 Å². The van der Waals surface area contributed by atoms with Crippen LogP contribution in [-0.4, -0.2) is 17.6 Å². The van der Waals surface area contributed by atoms with E-state index < -0.39 is 5.97 Å². The van der Waals surface area contributed by atoms with E-state index in [-0.39, 0.29) is 5.92 Å². The summed E-state index contributed by atoms with van der Waals surface area (Å²) in [5, 5.41) is 12.2. The predicted octanol–water partition coefficient (Wildman–Crippen LogP) is 2.74. The van der Waals surface area contributed by atoms with Gasteiger partial charge in [-0.25, -0.2) is 0 Å². The summed E-state index contributed by atoms with van der Waals surface area (Å²) < 4.78 is 0. The standard InChI is InChI=1S/C14H19NO2/c1-8-4-5-13(10(3)9(8)2)15-7-11-6-12(11)14(16)17/h4-5,11-12,15H,6-7H2,1-3H3,(H,16,17). The largest absolute Gasteiger partial charge is 0.481 e. The molecular formula is C14H19NO2. The molecule has 17 heavy (non-hydrogen) atoms. The number of nitrogens with one attached hydrogen (secondary N) is 1. The van der Waals surface area contributed by atoms with Gasteiger partial charge in [-0.15, -0.1) is 0 Å². The number of aliphatic carboxylic acids is 1. The molecule has 0 spiro atoms. The van der Waals surface area contributed by atoms with Gasteiger partial charge in [-0.3, -0.25) is 4.79 Å². The Morgan fingerprint density at radius 2 is 2.06 bits per heavy atom. The fraction of sp³-hybridized carbons (Fsp3) is 0.500. The minimum Gasteiger partial charge on any atom is -0.481 e. The second-order valence-electron chi connectivity index (χ2n) is 5.00. The van der Waals surface area contributed by atoms with Crippen molar-refractivity contribution in [1.29, 1.82) is 0 Å². The fourth-order valence-corrected chi connectivity index (χ4v) is 2.16. The van der Waals surface area contributed by atoms with Crippen LogP contribution in [0.2, 0.25) is 0 Å². The second kappa shape index (κ2) is 4.40. The van der Waals surface area contributed by atoms with E-state index in [1.807, 2.05) is 0 Å². The molecule has 2 N–H and O–H groups in total. The van der Waals surface area contributed by atoms with Crippen molar-refractivity contribution in [2.75, 3.05) is 11.9 Å².